The van der Waals surface area contributed by atoms with Crippen molar-refractivity contribution in [2.75, 3.05) is 0 Å². The summed E-state index contributed by atoms with van der Waals surface area (Å²) in [5.74, 6) is 0. The smallest absolute Gasteiger partial charge is 0.184 e. The number of hydrogen-bond acceptors (Lipinski definition) is 5. The van der Waals surface area contributed by atoms with Crippen molar-refractivity contribution < 1.29 is 0 Å². The van der Waals surface area contributed by atoms with Crippen LogP contribution in [0.25, 0.3) is 11.2 Å². The van der Waals surface area contributed by atoms with E-state index in [1.807, 2.05) is 6.01 Å². The fraction of sp³-hybridized carbons (Fsp3) is 0. The lowest BCUT2D eigenvalue weighted by molar-refractivity contribution is 0.896. The molecule has 0 aliphatic carbocycles. The molecule has 2 heterocycles. The highest BCUT2D eigenvalue weighted by Crippen LogP contribution is 2.05. The van der Waals surface area contributed by atoms with Crippen LogP contribution in [-0.4, -0.2) is 25.6 Å². The minimum atomic E-state index is 0.574. The molecule has 0 saturated heterocycles. The number of fused-ring (bicyclic) bond motifs is 1. The largest absolute Gasteiger partial charge is 0.242 e. The van der Waals surface area contributed by atoms with Crippen molar-refractivity contribution >= 4 is 17.2 Å². The summed E-state index contributed by atoms with van der Waals surface area (Å²) in [4.78, 5) is 11.7. The SMILES string of the molecule is N=C=Nn1cnc2cncnc21. The molecule has 1 N–H and O–H groups in total. The van der Waals surface area contributed by atoms with E-state index in [1.54, 1.807) is 6.20 Å². The van der Waals surface area contributed by atoms with Crippen LogP contribution in [0.1, 0.15) is 0 Å². The Kier molecular flexibility index (Phi) is 1.39. The lowest BCUT2D eigenvalue weighted by Gasteiger charge is -1.88. The third kappa shape index (κ3) is 0.869. The molecule has 0 saturated carbocycles. The molecule has 6 heteroatoms. The van der Waals surface area contributed by atoms with Gasteiger partial charge in [-0.1, -0.05) is 0 Å². The number of nitrogens with one attached hydrogen (secondary N) is 1. The van der Waals surface area contributed by atoms with Crippen LogP contribution in [0.4, 0.5) is 0 Å². The van der Waals surface area contributed by atoms with Gasteiger partial charge in [0.05, 0.1) is 6.20 Å². The molecule has 2 aromatic rings. The maximum Gasteiger partial charge on any atom is 0.184 e. The van der Waals surface area contributed by atoms with Crippen LogP contribution in [0.15, 0.2) is 24.0 Å². The average molecular weight is 160 g/mol. The molecular formula is C6H4N6. The molecule has 2 aromatic heterocycles. The molecule has 0 atom stereocenters. The quantitative estimate of drug-likeness (QED) is 0.611. The average Bonchev–Trinajstić information content (AvgIpc) is 2.50. The third-order valence-electron chi connectivity index (χ3n) is 1.35. The molecule has 58 valence electrons. The summed E-state index contributed by atoms with van der Waals surface area (Å²) in [6.45, 7) is 0. The van der Waals surface area contributed by atoms with Crippen molar-refractivity contribution in [3.05, 3.63) is 18.9 Å². The van der Waals surface area contributed by atoms with Crippen LogP contribution >= 0.6 is 0 Å². The summed E-state index contributed by atoms with van der Waals surface area (Å²) in [6.07, 6.45) is 4.44. The molecule has 0 aliphatic rings. The summed E-state index contributed by atoms with van der Waals surface area (Å²) in [5.41, 5.74) is 1.22. The zero-order valence-electron chi connectivity index (χ0n) is 5.97. The molecule has 0 aromatic carbocycles. The maximum absolute atomic E-state index is 6.65. The van der Waals surface area contributed by atoms with E-state index in [-0.39, 0.29) is 0 Å². The first kappa shape index (κ1) is 6.63. The minimum absolute atomic E-state index is 0.574. The molecule has 0 spiro atoms. The summed E-state index contributed by atoms with van der Waals surface area (Å²) < 4.78 is 1.37. The zero-order valence-corrected chi connectivity index (χ0v) is 5.97. The fourth-order valence-electron chi connectivity index (χ4n) is 0.882. The Bertz CT molecular complexity index is 452. The lowest BCUT2D eigenvalue weighted by Crippen LogP contribution is -1.87. The Morgan fingerprint density at radius 2 is 2.42 bits per heavy atom. The van der Waals surface area contributed by atoms with Gasteiger partial charge in [0.25, 0.3) is 0 Å². The normalized spacial score (nSPS) is 9.67. The number of imidazole rings is 1. The van der Waals surface area contributed by atoms with Crippen molar-refractivity contribution in [2.24, 2.45) is 5.10 Å². The van der Waals surface area contributed by atoms with Crippen molar-refractivity contribution in [1.29, 1.82) is 5.41 Å². The van der Waals surface area contributed by atoms with Gasteiger partial charge in [-0.25, -0.2) is 20.4 Å². The number of rotatable bonds is 1. The van der Waals surface area contributed by atoms with Gasteiger partial charge in [-0.2, -0.15) is 4.68 Å². The van der Waals surface area contributed by atoms with Gasteiger partial charge in [-0.15, -0.1) is 5.10 Å². The number of nitrogens with zero attached hydrogens (tertiary/aromatic N) is 5. The van der Waals surface area contributed by atoms with E-state index in [4.69, 9.17) is 5.41 Å². The van der Waals surface area contributed by atoms with Crippen molar-refractivity contribution in [1.82, 2.24) is 19.6 Å². The van der Waals surface area contributed by atoms with Crippen LogP contribution in [0, 0.1) is 5.41 Å². The first-order valence-electron chi connectivity index (χ1n) is 3.17. The van der Waals surface area contributed by atoms with Gasteiger partial charge in [0.1, 0.15) is 24.2 Å². The highest BCUT2D eigenvalue weighted by molar-refractivity contribution is 5.69. The first-order chi connectivity index (χ1) is 5.92. The molecule has 0 aliphatic heterocycles. The molecule has 0 radical (unpaired) electrons. The Balaban J connectivity index is 2.78. The molecule has 2 rings (SSSR count). The second-order valence-corrected chi connectivity index (χ2v) is 2.03. The van der Waals surface area contributed by atoms with E-state index in [0.29, 0.717) is 11.2 Å². The second kappa shape index (κ2) is 2.52. The van der Waals surface area contributed by atoms with E-state index >= 15 is 0 Å². The van der Waals surface area contributed by atoms with Crippen LogP contribution in [0.5, 0.6) is 0 Å². The van der Waals surface area contributed by atoms with E-state index in [0.717, 1.165) is 0 Å². The number of aromatic nitrogens is 4. The summed E-state index contributed by atoms with van der Waals surface area (Å²) in [7, 11) is 0. The second-order valence-electron chi connectivity index (χ2n) is 2.03. The summed E-state index contributed by atoms with van der Waals surface area (Å²) in [5, 5.41) is 10.2. The Hall–Kier alpha value is -2.07. The predicted octanol–water partition coefficient (Wildman–Crippen LogP) is 0.342. The van der Waals surface area contributed by atoms with Crippen molar-refractivity contribution in [3.63, 3.8) is 0 Å². The number of hydrogen-bond donors (Lipinski definition) is 1. The molecule has 0 bridgehead atoms. The van der Waals surface area contributed by atoms with Crippen molar-refractivity contribution in [2.45, 2.75) is 0 Å². The van der Waals surface area contributed by atoms with E-state index < -0.39 is 0 Å². The van der Waals surface area contributed by atoms with E-state index in [2.05, 4.69) is 20.1 Å². The van der Waals surface area contributed by atoms with Gasteiger partial charge < -0.3 is 0 Å². The molecular weight excluding hydrogens is 156 g/mol. The van der Waals surface area contributed by atoms with Gasteiger partial charge >= 0.3 is 0 Å². The van der Waals surface area contributed by atoms with Gasteiger partial charge in [-0.05, 0) is 0 Å². The highest BCUT2D eigenvalue weighted by Gasteiger charge is 2.00. The maximum atomic E-state index is 6.65. The molecule has 0 unspecified atom stereocenters. The van der Waals surface area contributed by atoms with Gasteiger partial charge in [0.2, 0.25) is 0 Å². The van der Waals surface area contributed by atoms with E-state index in [9.17, 15) is 0 Å². The molecule has 0 fully saturated rings. The fourth-order valence-corrected chi connectivity index (χ4v) is 0.882. The Morgan fingerprint density at radius 3 is 3.25 bits per heavy atom. The van der Waals surface area contributed by atoms with Crippen LogP contribution in [0.2, 0.25) is 0 Å². The standard InChI is InChI=1S/C6H4N6/c7-2-11-12-4-10-5-1-8-3-9-6(5)12/h1,3-4,7H. The van der Waals surface area contributed by atoms with Gasteiger partial charge in [0, 0.05) is 0 Å². The topological polar surface area (TPSA) is 79.8 Å². The van der Waals surface area contributed by atoms with Crippen LogP contribution in [0.3, 0.4) is 0 Å². The highest BCUT2D eigenvalue weighted by atomic mass is 15.4. The zero-order chi connectivity index (χ0) is 8.39. The summed E-state index contributed by atoms with van der Waals surface area (Å²) in [6, 6.07) is 1.90. The minimum Gasteiger partial charge on any atom is -0.242 e. The lowest BCUT2D eigenvalue weighted by atomic mass is 10.6. The first-order valence-corrected chi connectivity index (χ1v) is 3.17. The van der Waals surface area contributed by atoms with Crippen molar-refractivity contribution in [3.8, 4) is 0 Å². The third-order valence-corrected chi connectivity index (χ3v) is 1.35. The summed E-state index contributed by atoms with van der Waals surface area (Å²) >= 11 is 0. The van der Waals surface area contributed by atoms with Gasteiger partial charge in [0.15, 0.2) is 5.65 Å². The van der Waals surface area contributed by atoms with Crippen LogP contribution in [-0.2, 0) is 0 Å². The Labute approximate surface area is 67.1 Å². The molecule has 12 heavy (non-hydrogen) atoms. The monoisotopic (exact) mass is 160 g/mol. The van der Waals surface area contributed by atoms with Gasteiger partial charge in [-0.3, -0.25) is 0 Å². The van der Waals surface area contributed by atoms with Crippen LogP contribution < -0.4 is 0 Å². The molecule has 6 nitrogen and oxygen atoms in total. The van der Waals surface area contributed by atoms with E-state index in [1.165, 1.54) is 17.3 Å². The molecule has 0 amide bonds. The Morgan fingerprint density at radius 1 is 1.50 bits per heavy atom. The predicted molar refractivity (Wildman–Crippen MR) is 40.9 cm³/mol.